The molecule has 0 bridgehead atoms. The van der Waals surface area contributed by atoms with E-state index in [0.29, 0.717) is 11.4 Å². The Morgan fingerprint density at radius 2 is 2.22 bits per heavy atom. The number of anilines is 2. The Morgan fingerprint density at radius 3 is 2.78 bits per heavy atom. The molecule has 1 amide bonds. The first-order chi connectivity index (χ1) is 8.40. The molecule has 1 aliphatic rings. The van der Waals surface area contributed by atoms with Crippen molar-refractivity contribution < 1.29 is 9.90 Å². The minimum atomic E-state index is 0.0230. The van der Waals surface area contributed by atoms with Gasteiger partial charge in [0, 0.05) is 12.0 Å². The van der Waals surface area contributed by atoms with Gasteiger partial charge in [-0.25, -0.2) is 0 Å². The summed E-state index contributed by atoms with van der Waals surface area (Å²) in [5.41, 5.74) is 6.77. The molecule has 18 heavy (non-hydrogen) atoms. The van der Waals surface area contributed by atoms with Crippen LogP contribution in [0.5, 0.6) is 5.75 Å². The molecule has 4 heteroatoms. The Bertz CT molecular complexity index is 469. The van der Waals surface area contributed by atoms with Gasteiger partial charge in [0.2, 0.25) is 5.91 Å². The number of benzene rings is 1. The predicted molar refractivity (Wildman–Crippen MR) is 72.3 cm³/mol. The summed E-state index contributed by atoms with van der Waals surface area (Å²) in [5, 5.41) is 12.1. The van der Waals surface area contributed by atoms with Crippen LogP contribution in [-0.2, 0) is 4.79 Å². The lowest BCUT2D eigenvalue weighted by atomic mass is 9.81. The van der Waals surface area contributed by atoms with Gasteiger partial charge < -0.3 is 16.2 Å². The van der Waals surface area contributed by atoms with E-state index in [9.17, 15) is 9.90 Å². The molecule has 98 valence electrons. The third kappa shape index (κ3) is 2.42. The van der Waals surface area contributed by atoms with Gasteiger partial charge in [0.15, 0.2) is 0 Å². The summed E-state index contributed by atoms with van der Waals surface area (Å²) in [6.07, 6.45) is 3.10. The van der Waals surface area contributed by atoms with Crippen LogP contribution in [0.1, 0.15) is 33.1 Å². The van der Waals surface area contributed by atoms with Crippen LogP contribution in [0.25, 0.3) is 0 Å². The maximum absolute atomic E-state index is 12.2. The summed E-state index contributed by atoms with van der Waals surface area (Å²) >= 11 is 0. The van der Waals surface area contributed by atoms with Crippen molar-refractivity contribution in [2.24, 2.45) is 11.3 Å². The second-order valence-electron chi connectivity index (χ2n) is 5.69. The van der Waals surface area contributed by atoms with Crippen LogP contribution in [0.4, 0.5) is 11.4 Å². The summed E-state index contributed by atoms with van der Waals surface area (Å²) < 4.78 is 0. The van der Waals surface area contributed by atoms with Crippen molar-refractivity contribution in [2.75, 3.05) is 11.1 Å². The van der Waals surface area contributed by atoms with Crippen LogP contribution in [0.2, 0.25) is 0 Å². The maximum Gasteiger partial charge on any atom is 0.228 e. The molecule has 0 saturated heterocycles. The van der Waals surface area contributed by atoms with Gasteiger partial charge in [-0.1, -0.05) is 20.3 Å². The van der Waals surface area contributed by atoms with Gasteiger partial charge in [-0.2, -0.15) is 0 Å². The lowest BCUT2D eigenvalue weighted by molar-refractivity contribution is -0.122. The number of nitrogens with one attached hydrogen (secondary N) is 1. The number of aromatic hydroxyl groups is 1. The second kappa shape index (κ2) is 4.52. The van der Waals surface area contributed by atoms with E-state index < -0.39 is 0 Å². The lowest BCUT2D eigenvalue weighted by Gasteiger charge is -2.26. The number of phenols is 1. The van der Waals surface area contributed by atoms with Crippen LogP contribution < -0.4 is 11.1 Å². The van der Waals surface area contributed by atoms with Crippen LogP contribution >= 0.6 is 0 Å². The van der Waals surface area contributed by atoms with Crippen molar-refractivity contribution in [3.8, 4) is 5.75 Å². The van der Waals surface area contributed by atoms with E-state index in [4.69, 9.17) is 5.73 Å². The lowest BCUT2D eigenvalue weighted by Crippen LogP contribution is -2.31. The van der Waals surface area contributed by atoms with Crippen LogP contribution in [0.3, 0.4) is 0 Å². The van der Waals surface area contributed by atoms with Crippen molar-refractivity contribution in [1.29, 1.82) is 0 Å². The summed E-state index contributed by atoms with van der Waals surface area (Å²) in [5.74, 6) is 0.160. The normalized spacial score (nSPS) is 21.8. The van der Waals surface area contributed by atoms with Gasteiger partial charge >= 0.3 is 0 Å². The fourth-order valence-electron chi connectivity index (χ4n) is 2.70. The first kappa shape index (κ1) is 12.7. The van der Waals surface area contributed by atoms with Crippen LogP contribution in [-0.4, -0.2) is 11.0 Å². The van der Waals surface area contributed by atoms with E-state index in [-0.39, 0.29) is 23.0 Å². The Hall–Kier alpha value is -1.71. The number of hydrogen-bond acceptors (Lipinski definition) is 3. The molecule has 1 fully saturated rings. The molecule has 1 aromatic rings. The van der Waals surface area contributed by atoms with Gasteiger partial charge in [-0.3, -0.25) is 4.79 Å². The summed E-state index contributed by atoms with van der Waals surface area (Å²) in [7, 11) is 0. The number of hydrogen-bond donors (Lipinski definition) is 3. The highest BCUT2D eigenvalue weighted by atomic mass is 16.3. The zero-order valence-corrected chi connectivity index (χ0v) is 10.9. The smallest absolute Gasteiger partial charge is 0.228 e. The number of nitrogen functional groups attached to an aromatic ring is 1. The first-order valence-corrected chi connectivity index (χ1v) is 6.29. The average molecular weight is 248 g/mol. The Balaban J connectivity index is 2.12. The molecule has 1 aromatic carbocycles. The zero-order valence-electron chi connectivity index (χ0n) is 10.9. The molecule has 0 aromatic heterocycles. The third-order valence-corrected chi connectivity index (χ3v) is 3.87. The molecule has 1 saturated carbocycles. The fraction of sp³-hybridized carbons (Fsp3) is 0.500. The van der Waals surface area contributed by atoms with E-state index in [1.54, 1.807) is 6.07 Å². The van der Waals surface area contributed by atoms with E-state index in [0.717, 1.165) is 19.3 Å². The zero-order chi connectivity index (χ0) is 13.3. The second-order valence-corrected chi connectivity index (χ2v) is 5.69. The van der Waals surface area contributed by atoms with Crippen molar-refractivity contribution in [3.05, 3.63) is 18.2 Å². The highest BCUT2D eigenvalue weighted by Gasteiger charge is 2.39. The largest absolute Gasteiger partial charge is 0.508 e. The predicted octanol–water partition coefficient (Wildman–Crippen LogP) is 2.74. The molecule has 0 aliphatic heterocycles. The fourth-order valence-corrected chi connectivity index (χ4v) is 2.70. The molecule has 4 nitrogen and oxygen atoms in total. The minimum Gasteiger partial charge on any atom is -0.508 e. The molecular weight excluding hydrogens is 228 g/mol. The van der Waals surface area contributed by atoms with Gasteiger partial charge in [-0.15, -0.1) is 0 Å². The van der Waals surface area contributed by atoms with Crippen molar-refractivity contribution in [1.82, 2.24) is 0 Å². The number of rotatable bonds is 2. The number of amides is 1. The maximum atomic E-state index is 12.2. The van der Waals surface area contributed by atoms with Crippen LogP contribution in [0, 0.1) is 11.3 Å². The van der Waals surface area contributed by atoms with Gasteiger partial charge in [-0.05, 0) is 30.4 Å². The Labute approximate surface area is 107 Å². The van der Waals surface area contributed by atoms with Crippen LogP contribution in [0.15, 0.2) is 18.2 Å². The number of phenolic OH excluding ortho intramolecular Hbond substituents is 1. The molecule has 1 atom stereocenters. The Kier molecular flexibility index (Phi) is 3.20. The topological polar surface area (TPSA) is 75.3 Å². The minimum absolute atomic E-state index is 0.0230. The van der Waals surface area contributed by atoms with E-state index >= 15 is 0 Å². The van der Waals surface area contributed by atoms with Crippen molar-refractivity contribution >= 4 is 17.3 Å². The van der Waals surface area contributed by atoms with Gasteiger partial charge in [0.1, 0.15) is 5.75 Å². The quantitative estimate of drug-likeness (QED) is 0.556. The van der Waals surface area contributed by atoms with Gasteiger partial charge in [0.05, 0.1) is 11.4 Å². The molecular formula is C14H20N2O2. The third-order valence-electron chi connectivity index (χ3n) is 3.87. The SMILES string of the molecule is CC1(C)CCCC1C(=O)Nc1ccc(O)cc1N. The van der Waals surface area contributed by atoms with E-state index in [1.165, 1.54) is 12.1 Å². The van der Waals surface area contributed by atoms with Gasteiger partial charge in [0.25, 0.3) is 0 Å². The standard InChI is InChI=1S/C14H20N2O2/c1-14(2)7-3-4-10(14)13(18)16-12-6-5-9(17)8-11(12)15/h5-6,8,10,17H,3-4,7,15H2,1-2H3,(H,16,18). The highest BCUT2D eigenvalue weighted by Crippen LogP contribution is 2.43. The summed E-state index contributed by atoms with van der Waals surface area (Å²) in [4.78, 5) is 12.2. The molecule has 4 N–H and O–H groups in total. The van der Waals surface area contributed by atoms with Crippen molar-refractivity contribution in [3.63, 3.8) is 0 Å². The summed E-state index contributed by atoms with van der Waals surface area (Å²) in [6, 6.07) is 4.59. The number of nitrogens with two attached hydrogens (primary N) is 1. The molecule has 1 aliphatic carbocycles. The molecule has 0 radical (unpaired) electrons. The molecule has 1 unspecified atom stereocenters. The highest BCUT2D eigenvalue weighted by molar-refractivity contribution is 5.96. The number of carbonyl (C=O) groups excluding carboxylic acids is 1. The van der Waals surface area contributed by atoms with E-state index in [2.05, 4.69) is 19.2 Å². The first-order valence-electron chi connectivity index (χ1n) is 6.29. The van der Waals surface area contributed by atoms with E-state index in [1.807, 2.05) is 0 Å². The number of carbonyl (C=O) groups is 1. The average Bonchev–Trinajstić information content (AvgIpc) is 2.62. The van der Waals surface area contributed by atoms with Crippen molar-refractivity contribution in [2.45, 2.75) is 33.1 Å². The molecule has 2 rings (SSSR count). The molecule has 0 heterocycles. The Morgan fingerprint density at radius 1 is 1.50 bits per heavy atom. The monoisotopic (exact) mass is 248 g/mol. The summed E-state index contributed by atoms with van der Waals surface area (Å²) in [6.45, 7) is 4.26. The molecule has 0 spiro atoms.